The van der Waals surface area contributed by atoms with Crippen molar-refractivity contribution in [1.82, 2.24) is 4.90 Å². The highest BCUT2D eigenvalue weighted by molar-refractivity contribution is 9.10. The average Bonchev–Trinajstić information content (AvgIpc) is 2.40. The minimum atomic E-state index is -0.725. The first-order valence-corrected chi connectivity index (χ1v) is 7.71. The zero-order valence-electron chi connectivity index (χ0n) is 11.3. The lowest BCUT2D eigenvalue weighted by Crippen LogP contribution is -2.34. The third-order valence-electron chi connectivity index (χ3n) is 3.91. The molecule has 0 spiro atoms. The van der Waals surface area contributed by atoms with E-state index in [2.05, 4.69) is 27.8 Å². The maximum Gasteiger partial charge on any atom is 0.129 e. The van der Waals surface area contributed by atoms with Crippen molar-refractivity contribution in [3.05, 3.63) is 34.1 Å². The molecule has 0 amide bonds. The van der Waals surface area contributed by atoms with Crippen molar-refractivity contribution in [2.75, 3.05) is 19.6 Å². The van der Waals surface area contributed by atoms with Gasteiger partial charge in [0.2, 0.25) is 0 Å². The predicted molar refractivity (Wildman–Crippen MR) is 78.5 cm³/mol. The Balaban J connectivity index is 1.87. The van der Waals surface area contributed by atoms with Gasteiger partial charge in [0.1, 0.15) is 5.82 Å². The molecule has 1 atom stereocenters. The van der Waals surface area contributed by atoms with E-state index in [0.29, 0.717) is 12.0 Å². The summed E-state index contributed by atoms with van der Waals surface area (Å²) in [4.78, 5) is 2.36. The summed E-state index contributed by atoms with van der Waals surface area (Å²) in [6, 6.07) is 4.71. The number of hydrogen-bond donors (Lipinski definition) is 1. The van der Waals surface area contributed by atoms with Gasteiger partial charge in [-0.15, -0.1) is 0 Å². The van der Waals surface area contributed by atoms with Gasteiger partial charge in [-0.3, -0.25) is 0 Å². The molecule has 1 unspecified atom stereocenters. The predicted octanol–water partition coefficient (Wildman–Crippen LogP) is 3.74. The van der Waals surface area contributed by atoms with E-state index < -0.39 is 6.10 Å². The first-order valence-electron chi connectivity index (χ1n) is 6.91. The van der Waals surface area contributed by atoms with Crippen molar-refractivity contribution < 1.29 is 9.50 Å². The Kier molecular flexibility index (Phi) is 5.37. The number of benzene rings is 1. The SMILES string of the molecule is CC1CCN(CCC(O)c2cc(Br)ccc2F)CC1. The van der Waals surface area contributed by atoms with E-state index in [9.17, 15) is 9.50 Å². The quantitative estimate of drug-likeness (QED) is 0.909. The summed E-state index contributed by atoms with van der Waals surface area (Å²) in [5.41, 5.74) is 0.389. The summed E-state index contributed by atoms with van der Waals surface area (Å²) in [5.74, 6) is 0.478. The number of hydrogen-bond acceptors (Lipinski definition) is 2. The lowest BCUT2D eigenvalue weighted by atomic mass is 9.98. The van der Waals surface area contributed by atoms with E-state index in [1.54, 1.807) is 12.1 Å². The number of rotatable bonds is 4. The first-order chi connectivity index (χ1) is 9.06. The van der Waals surface area contributed by atoms with Crippen LogP contribution in [0.5, 0.6) is 0 Å². The Morgan fingerprint density at radius 2 is 2.11 bits per heavy atom. The molecule has 19 heavy (non-hydrogen) atoms. The van der Waals surface area contributed by atoms with Gasteiger partial charge in [0, 0.05) is 16.6 Å². The second-order valence-electron chi connectivity index (χ2n) is 5.49. The van der Waals surface area contributed by atoms with Gasteiger partial charge in [-0.2, -0.15) is 0 Å². The Bertz CT molecular complexity index is 419. The van der Waals surface area contributed by atoms with E-state index in [-0.39, 0.29) is 5.82 Å². The van der Waals surface area contributed by atoms with Crippen molar-refractivity contribution in [2.45, 2.75) is 32.3 Å². The zero-order chi connectivity index (χ0) is 13.8. The first kappa shape index (κ1) is 14.9. The van der Waals surface area contributed by atoms with Crippen molar-refractivity contribution in [2.24, 2.45) is 5.92 Å². The van der Waals surface area contributed by atoms with Crippen LogP contribution in [0.3, 0.4) is 0 Å². The standard InChI is InChI=1S/C15H21BrFNO/c1-11-4-7-18(8-5-11)9-6-15(19)13-10-12(16)2-3-14(13)17/h2-3,10-11,15,19H,4-9H2,1H3. The second-order valence-corrected chi connectivity index (χ2v) is 6.41. The fourth-order valence-corrected chi connectivity index (χ4v) is 2.89. The number of likely N-dealkylation sites (tertiary alicyclic amines) is 1. The highest BCUT2D eigenvalue weighted by atomic mass is 79.9. The smallest absolute Gasteiger partial charge is 0.129 e. The number of aliphatic hydroxyl groups is 1. The molecule has 1 heterocycles. The summed E-state index contributed by atoms with van der Waals surface area (Å²) in [7, 11) is 0. The van der Waals surface area contributed by atoms with Crippen molar-refractivity contribution in [3.8, 4) is 0 Å². The van der Waals surface area contributed by atoms with Crippen LogP contribution < -0.4 is 0 Å². The molecule has 1 N–H and O–H groups in total. The molecule has 2 nitrogen and oxygen atoms in total. The fourth-order valence-electron chi connectivity index (χ4n) is 2.52. The maximum atomic E-state index is 13.6. The van der Waals surface area contributed by atoms with Crippen LogP contribution in [0.15, 0.2) is 22.7 Å². The Hall–Kier alpha value is -0.450. The van der Waals surface area contributed by atoms with Crippen LogP contribution in [-0.4, -0.2) is 29.6 Å². The highest BCUT2D eigenvalue weighted by Crippen LogP contribution is 2.25. The molecule has 106 valence electrons. The van der Waals surface area contributed by atoms with Gasteiger partial charge in [0.05, 0.1) is 6.10 Å². The summed E-state index contributed by atoms with van der Waals surface area (Å²) in [6.45, 7) is 5.30. The summed E-state index contributed by atoms with van der Waals surface area (Å²) in [6.07, 6.45) is 2.31. The molecule has 0 saturated carbocycles. The fraction of sp³-hybridized carbons (Fsp3) is 0.600. The Morgan fingerprint density at radius 1 is 1.42 bits per heavy atom. The largest absolute Gasteiger partial charge is 0.388 e. The molecule has 0 aliphatic carbocycles. The van der Waals surface area contributed by atoms with Gasteiger partial charge < -0.3 is 10.0 Å². The van der Waals surface area contributed by atoms with E-state index in [0.717, 1.165) is 30.0 Å². The molecular formula is C15H21BrFNO. The molecular weight excluding hydrogens is 309 g/mol. The Labute approximate surface area is 122 Å². The normalized spacial score (nSPS) is 19.6. The number of aliphatic hydroxyl groups excluding tert-OH is 1. The monoisotopic (exact) mass is 329 g/mol. The van der Waals surface area contributed by atoms with Gasteiger partial charge in [-0.25, -0.2) is 4.39 Å². The van der Waals surface area contributed by atoms with Crippen LogP contribution in [0.4, 0.5) is 4.39 Å². The third kappa shape index (κ3) is 4.26. The molecule has 1 aromatic rings. The second kappa shape index (κ2) is 6.82. The molecule has 1 aliphatic heterocycles. The lowest BCUT2D eigenvalue weighted by molar-refractivity contribution is 0.123. The third-order valence-corrected chi connectivity index (χ3v) is 4.41. The van der Waals surface area contributed by atoms with Crippen LogP contribution >= 0.6 is 15.9 Å². The van der Waals surface area contributed by atoms with Crippen LogP contribution in [0.1, 0.15) is 37.9 Å². The molecule has 1 fully saturated rings. The van der Waals surface area contributed by atoms with E-state index >= 15 is 0 Å². The maximum absolute atomic E-state index is 13.6. The number of piperidine rings is 1. The number of halogens is 2. The van der Waals surface area contributed by atoms with Crippen molar-refractivity contribution in [3.63, 3.8) is 0 Å². The number of nitrogens with zero attached hydrogens (tertiary/aromatic N) is 1. The summed E-state index contributed by atoms with van der Waals surface area (Å²) >= 11 is 3.31. The molecule has 1 aliphatic rings. The molecule has 4 heteroatoms. The van der Waals surface area contributed by atoms with E-state index in [4.69, 9.17) is 0 Å². The van der Waals surface area contributed by atoms with Crippen LogP contribution in [-0.2, 0) is 0 Å². The van der Waals surface area contributed by atoms with Crippen molar-refractivity contribution >= 4 is 15.9 Å². The van der Waals surface area contributed by atoms with Gasteiger partial charge >= 0.3 is 0 Å². The molecule has 0 bridgehead atoms. The molecule has 1 saturated heterocycles. The van der Waals surface area contributed by atoms with Crippen LogP contribution in [0.2, 0.25) is 0 Å². The molecule has 0 radical (unpaired) electrons. The van der Waals surface area contributed by atoms with E-state index in [1.807, 2.05) is 0 Å². The van der Waals surface area contributed by atoms with Crippen molar-refractivity contribution in [1.29, 1.82) is 0 Å². The molecule has 0 aromatic heterocycles. The minimum Gasteiger partial charge on any atom is -0.388 e. The van der Waals surface area contributed by atoms with E-state index in [1.165, 1.54) is 18.9 Å². The average molecular weight is 330 g/mol. The lowest BCUT2D eigenvalue weighted by Gasteiger charge is -2.30. The molecule has 1 aromatic carbocycles. The van der Waals surface area contributed by atoms with Gasteiger partial charge in [-0.05, 0) is 56.5 Å². The summed E-state index contributed by atoms with van der Waals surface area (Å²) < 4.78 is 14.4. The van der Waals surface area contributed by atoms with Crippen LogP contribution in [0.25, 0.3) is 0 Å². The van der Waals surface area contributed by atoms with Crippen LogP contribution in [0, 0.1) is 11.7 Å². The zero-order valence-corrected chi connectivity index (χ0v) is 12.9. The minimum absolute atomic E-state index is 0.331. The summed E-state index contributed by atoms with van der Waals surface area (Å²) in [5, 5.41) is 10.1. The van der Waals surface area contributed by atoms with Gasteiger partial charge in [0.25, 0.3) is 0 Å². The highest BCUT2D eigenvalue weighted by Gasteiger charge is 2.18. The Morgan fingerprint density at radius 3 is 2.79 bits per heavy atom. The topological polar surface area (TPSA) is 23.5 Å². The molecule has 2 rings (SSSR count). The van der Waals surface area contributed by atoms with Gasteiger partial charge in [-0.1, -0.05) is 22.9 Å². The van der Waals surface area contributed by atoms with Gasteiger partial charge in [0.15, 0.2) is 0 Å².